The van der Waals surface area contributed by atoms with Crippen LogP contribution in [0.1, 0.15) is 38.8 Å². The zero-order chi connectivity index (χ0) is 13.1. The molecule has 0 bridgehead atoms. The minimum atomic E-state index is 0.380. The SMILES string of the molecule is CCNC(C)c1ccc(N(C)CC2CC2C)nc1. The summed E-state index contributed by atoms with van der Waals surface area (Å²) in [5, 5.41) is 3.40. The van der Waals surface area contributed by atoms with Crippen LogP contribution in [0.25, 0.3) is 0 Å². The molecule has 18 heavy (non-hydrogen) atoms. The number of anilines is 1. The van der Waals surface area contributed by atoms with Gasteiger partial charge in [-0.25, -0.2) is 4.98 Å². The average molecular weight is 247 g/mol. The summed E-state index contributed by atoms with van der Waals surface area (Å²) in [6.07, 6.45) is 3.37. The van der Waals surface area contributed by atoms with Crippen LogP contribution in [0.3, 0.4) is 0 Å². The Morgan fingerprint density at radius 2 is 2.22 bits per heavy atom. The lowest BCUT2D eigenvalue weighted by Crippen LogP contribution is -2.22. The molecule has 0 spiro atoms. The molecule has 0 saturated heterocycles. The van der Waals surface area contributed by atoms with Gasteiger partial charge in [0, 0.05) is 25.8 Å². The van der Waals surface area contributed by atoms with Crippen LogP contribution in [-0.2, 0) is 0 Å². The second-order valence-corrected chi connectivity index (χ2v) is 5.58. The van der Waals surface area contributed by atoms with Crippen LogP contribution in [0.15, 0.2) is 18.3 Å². The topological polar surface area (TPSA) is 28.2 Å². The number of aromatic nitrogens is 1. The van der Waals surface area contributed by atoms with Gasteiger partial charge < -0.3 is 10.2 Å². The first-order valence-electron chi connectivity index (χ1n) is 7.02. The predicted octanol–water partition coefficient (Wildman–Crippen LogP) is 2.84. The molecule has 3 atom stereocenters. The Kier molecular flexibility index (Phi) is 4.23. The summed E-state index contributed by atoms with van der Waals surface area (Å²) in [4.78, 5) is 6.85. The average Bonchev–Trinajstić information content (AvgIpc) is 3.05. The van der Waals surface area contributed by atoms with Gasteiger partial charge in [-0.3, -0.25) is 0 Å². The third kappa shape index (κ3) is 3.22. The van der Waals surface area contributed by atoms with Gasteiger partial charge >= 0.3 is 0 Å². The molecule has 0 radical (unpaired) electrons. The molecule has 1 aliphatic rings. The number of pyridine rings is 1. The van der Waals surface area contributed by atoms with Crippen molar-refractivity contribution in [3.8, 4) is 0 Å². The summed E-state index contributed by atoms with van der Waals surface area (Å²) in [5.74, 6) is 2.86. The molecule has 1 saturated carbocycles. The normalized spacial score (nSPS) is 23.8. The van der Waals surface area contributed by atoms with Crippen molar-refractivity contribution in [2.45, 2.75) is 33.2 Å². The lowest BCUT2D eigenvalue weighted by atomic mass is 10.1. The van der Waals surface area contributed by atoms with Crippen LogP contribution in [0.4, 0.5) is 5.82 Å². The maximum Gasteiger partial charge on any atom is 0.128 e. The highest BCUT2D eigenvalue weighted by Crippen LogP contribution is 2.38. The summed E-state index contributed by atoms with van der Waals surface area (Å²) in [6.45, 7) is 8.75. The summed E-state index contributed by atoms with van der Waals surface area (Å²) >= 11 is 0. The smallest absolute Gasteiger partial charge is 0.128 e. The fourth-order valence-electron chi connectivity index (χ4n) is 2.40. The molecule has 3 nitrogen and oxygen atoms in total. The van der Waals surface area contributed by atoms with E-state index in [9.17, 15) is 0 Å². The molecular formula is C15H25N3. The molecule has 1 aromatic rings. The lowest BCUT2D eigenvalue weighted by molar-refractivity contribution is 0.596. The van der Waals surface area contributed by atoms with Gasteiger partial charge in [-0.05, 0) is 43.4 Å². The van der Waals surface area contributed by atoms with Gasteiger partial charge in [0.15, 0.2) is 0 Å². The van der Waals surface area contributed by atoms with Gasteiger partial charge in [0.1, 0.15) is 5.82 Å². The second kappa shape index (κ2) is 5.70. The minimum Gasteiger partial charge on any atom is -0.359 e. The summed E-state index contributed by atoms with van der Waals surface area (Å²) in [7, 11) is 2.14. The second-order valence-electron chi connectivity index (χ2n) is 5.58. The highest BCUT2D eigenvalue weighted by Gasteiger charge is 2.33. The molecule has 1 aliphatic carbocycles. The van der Waals surface area contributed by atoms with Crippen molar-refractivity contribution in [2.24, 2.45) is 11.8 Å². The van der Waals surface area contributed by atoms with Crippen molar-refractivity contribution >= 4 is 5.82 Å². The van der Waals surface area contributed by atoms with E-state index in [1.807, 2.05) is 6.20 Å². The number of hydrogen-bond acceptors (Lipinski definition) is 3. The Morgan fingerprint density at radius 1 is 1.50 bits per heavy atom. The fourth-order valence-corrected chi connectivity index (χ4v) is 2.40. The zero-order valence-electron chi connectivity index (χ0n) is 12.0. The molecule has 1 aromatic heterocycles. The number of hydrogen-bond donors (Lipinski definition) is 1. The molecule has 0 amide bonds. The van der Waals surface area contributed by atoms with Crippen LogP contribution in [-0.4, -0.2) is 25.1 Å². The van der Waals surface area contributed by atoms with Gasteiger partial charge in [0.25, 0.3) is 0 Å². The van der Waals surface area contributed by atoms with Crippen molar-refractivity contribution in [2.75, 3.05) is 25.0 Å². The summed E-state index contributed by atoms with van der Waals surface area (Å²) in [6, 6.07) is 4.70. The van der Waals surface area contributed by atoms with Crippen LogP contribution in [0, 0.1) is 11.8 Å². The van der Waals surface area contributed by atoms with E-state index in [2.05, 4.69) is 55.2 Å². The van der Waals surface area contributed by atoms with Crippen LogP contribution in [0.2, 0.25) is 0 Å². The van der Waals surface area contributed by atoms with Crippen LogP contribution < -0.4 is 10.2 Å². The van der Waals surface area contributed by atoms with E-state index in [1.165, 1.54) is 12.0 Å². The Hall–Kier alpha value is -1.09. The first-order valence-corrected chi connectivity index (χ1v) is 7.02. The molecule has 100 valence electrons. The molecule has 1 heterocycles. The molecular weight excluding hydrogens is 222 g/mol. The molecule has 0 aliphatic heterocycles. The van der Waals surface area contributed by atoms with Gasteiger partial charge in [-0.1, -0.05) is 19.9 Å². The van der Waals surface area contributed by atoms with Crippen molar-refractivity contribution in [3.05, 3.63) is 23.9 Å². The summed E-state index contributed by atoms with van der Waals surface area (Å²) < 4.78 is 0. The van der Waals surface area contributed by atoms with E-state index in [0.717, 1.165) is 30.7 Å². The first-order chi connectivity index (χ1) is 8.61. The van der Waals surface area contributed by atoms with E-state index < -0.39 is 0 Å². The molecule has 1 N–H and O–H groups in total. The van der Waals surface area contributed by atoms with Crippen LogP contribution >= 0.6 is 0 Å². The van der Waals surface area contributed by atoms with E-state index in [-0.39, 0.29) is 0 Å². The number of rotatable bonds is 6. The largest absolute Gasteiger partial charge is 0.359 e. The van der Waals surface area contributed by atoms with E-state index in [0.29, 0.717) is 6.04 Å². The maximum absolute atomic E-state index is 4.57. The Morgan fingerprint density at radius 3 is 2.72 bits per heavy atom. The first kappa shape index (κ1) is 13.3. The highest BCUT2D eigenvalue weighted by atomic mass is 15.2. The van der Waals surface area contributed by atoms with Gasteiger partial charge in [-0.15, -0.1) is 0 Å². The van der Waals surface area contributed by atoms with E-state index in [1.54, 1.807) is 0 Å². The summed E-state index contributed by atoms with van der Waals surface area (Å²) in [5.41, 5.74) is 1.26. The van der Waals surface area contributed by atoms with Crippen molar-refractivity contribution in [1.29, 1.82) is 0 Å². The third-order valence-corrected chi connectivity index (χ3v) is 3.96. The third-order valence-electron chi connectivity index (χ3n) is 3.96. The van der Waals surface area contributed by atoms with Gasteiger partial charge in [0.05, 0.1) is 0 Å². The van der Waals surface area contributed by atoms with E-state index >= 15 is 0 Å². The zero-order valence-corrected chi connectivity index (χ0v) is 12.0. The van der Waals surface area contributed by atoms with E-state index in [4.69, 9.17) is 0 Å². The monoisotopic (exact) mass is 247 g/mol. The highest BCUT2D eigenvalue weighted by molar-refractivity contribution is 5.39. The molecule has 0 aromatic carbocycles. The Bertz CT molecular complexity index is 374. The van der Waals surface area contributed by atoms with Crippen LogP contribution in [0.5, 0.6) is 0 Å². The fraction of sp³-hybridized carbons (Fsp3) is 0.667. The molecule has 3 heteroatoms. The molecule has 2 rings (SSSR count). The van der Waals surface area contributed by atoms with Crippen molar-refractivity contribution in [3.63, 3.8) is 0 Å². The quantitative estimate of drug-likeness (QED) is 0.838. The molecule has 3 unspecified atom stereocenters. The maximum atomic E-state index is 4.57. The minimum absolute atomic E-state index is 0.380. The molecule has 1 fully saturated rings. The predicted molar refractivity (Wildman–Crippen MR) is 76.9 cm³/mol. The lowest BCUT2D eigenvalue weighted by Gasteiger charge is -2.19. The van der Waals surface area contributed by atoms with Gasteiger partial charge in [-0.2, -0.15) is 0 Å². The standard InChI is InChI=1S/C15H25N3/c1-5-16-12(3)13-6-7-15(17-9-13)18(4)10-14-8-11(14)2/h6-7,9,11-12,14,16H,5,8,10H2,1-4H3. The Balaban J connectivity index is 1.93. The van der Waals surface area contributed by atoms with Crippen molar-refractivity contribution < 1.29 is 0 Å². The van der Waals surface area contributed by atoms with Gasteiger partial charge in [0.2, 0.25) is 0 Å². The van der Waals surface area contributed by atoms with Crippen molar-refractivity contribution in [1.82, 2.24) is 10.3 Å². The number of nitrogens with one attached hydrogen (secondary N) is 1. The Labute approximate surface area is 111 Å². The number of nitrogens with zero attached hydrogens (tertiary/aromatic N) is 2.